The highest BCUT2D eigenvalue weighted by Gasteiger charge is 2.16. The number of carbonyl (C=O) groups is 1. The van der Waals surface area contributed by atoms with Gasteiger partial charge in [-0.1, -0.05) is 0 Å². The predicted octanol–water partition coefficient (Wildman–Crippen LogP) is 2.03. The topological polar surface area (TPSA) is 133 Å². The summed E-state index contributed by atoms with van der Waals surface area (Å²) < 4.78 is 29.8. The minimum atomic E-state index is -0.499. The molecule has 11 heteroatoms. The van der Waals surface area contributed by atoms with Gasteiger partial charge in [-0.25, -0.2) is 9.97 Å². The van der Waals surface area contributed by atoms with Gasteiger partial charge in [0.25, 0.3) is 0 Å². The molecule has 0 radical (unpaired) electrons. The summed E-state index contributed by atoms with van der Waals surface area (Å²) in [6.07, 6.45) is 7.36. The number of hydrogen-bond acceptors (Lipinski definition) is 9. The van der Waals surface area contributed by atoms with E-state index in [4.69, 9.17) is 29.4 Å². The number of ether oxygens (including phenoxy) is 5. The van der Waals surface area contributed by atoms with Crippen LogP contribution in [0.25, 0.3) is 10.9 Å². The Morgan fingerprint density at radius 3 is 2.94 bits per heavy atom. The Morgan fingerprint density at radius 1 is 1.25 bits per heavy atom. The quantitative estimate of drug-likeness (QED) is 0.467. The molecular formula is C21H25N5O6. The summed E-state index contributed by atoms with van der Waals surface area (Å²) in [7, 11) is 1.55. The summed E-state index contributed by atoms with van der Waals surface area (Å²) in [5.41, 5.74) is 5.80. The van der Waals surface area contributed by atoms with Gasteiger partial charge in [0.05, 0.1) is 37.0 Å². The molecule has 1 amide bonds. The number of hydrogen-bond donors (Lipinski definition) is 1. The van der Waals surface area contributed by atoms with E-state index in [-0.39, 0.29) is 12.8 Å². The number of rotatable bonds is 10. The van der Waals surface area contributed by atoms with Crippen molar-refractivity contribution in [3.8, 4) is 23.1 Å². The lowest BCUT2D eigenvalue weighted by Crippen LogP contribution is -2.24. The number of methoxy groups -OCH3 is 1. The molecule has 0 spiro atoms. The first-order chi connectivity index (χ1) is 15.6. The maximum absolute atomic E-state index is 11.0. The monoisotopic (exact) mass is 443 g/mol. The zero-order valence-corrected chi connectivity index (χ0v) is 17.7. The molecule has 32 heavy (non-hydrogen) atoms. The summed E-state index contributed by atoms with van der Waals surface area (Å²) >= 11 is 0. The molecule has 2 aromatic heterocycles. The van der Waals surface area contributed by atoms with E-state index in [1.54, 1.807) is 25.4 Å². The average molecular weight is 443 g/mol. The number of carbonyl (C=O) groups excluding carboxylic acids is 1. The van der Waals surface area contributed by atoms with Crippen molar-refractivity contribution in [2.45, 2.75) is 32.1 Å². The Hall–Kier alpha value is -3.44. The van der Waals surface area contributed by atoms with Gasteiger partial charge in [0.1, 0.15) is 19.5 Å². The average Bonchev–Trinajstić information content (AvgIpc) is 3.23. The van der Waals surface area contributed by atoms with Crippen LogP contribution in [-0.4, -0.2) is 58.9 Å². The third kappa shape index (κ3) is 5.42. The second kappa shape index (κ2) is 10.2. The van der Waals surface area contributed by atoms with Gasteiger partial charge < -0.3 is 29.4 Å². The molecule has 170 valence electrons. The van der Waals surface area contributed by atoms with Crippen molar-refractivity contribution in [3.63, 3.8) is 0 Å². The first-order valence-electron chi connectivity index (χ1n) is 10.3. The molecule has 0 bridgehead atoms. The van der Waals surface area contributed by atoms with Crippen molar-refractivity contribution in [1.82, 2.24) is 19.7 Å². The third-order valence-electron chi connectivity index (χ3n) is 4.81. The smallest absolute Gasteiger partial charge is 0.239 e. The zero-order chi connectivity index (χ0) is 22.3. The number of benzene rings is 1. The molecule has 0 aliphatic carbocycles. The van der Waals surface area contributed by atoms with Crippen LogP contribution in [0.2, 0.25) is 0 Å². The lowest BCUT2D eigenvalue weighted by atomic mass is 10.2. The van der Waals surface area contributed by atoms with E-state index in [2.05, 4.69) is 15.1 Å². The van der Waals surface area contributed by atoms with E-state index in [1.165, 1.54) is 17.2 Å². The van der Waals surface area contributed by atoms with Crippen molar-refractivity contribution in [2.24, 2.45) is 5.73 Å². The van der Waals surface area contributed by atoms with Crippen LogP contribution in [-0.2, 0) is 20.8 Å². The molecule has 1 aromatic carbocycles. The van der Waals surface area contributed by atoms with Gasteiger partial charge in [-0.15, -0.1) is 0 Å². The van der Waals surface area contributed by atoms with Gasteiger partial charge in [0, 0.05) is 12.7 Å². The van der Waals surface area contributed by atoms with Crippen molar-refractivity contribution in [1.29, 1.82) is 0 Å². The van der Waals surface area contributed by atoms with Crippen molar-refractivity contribution >= 4 is 16.8 Å². The molecule has 4 rings (SSSR count). The molecule has 0 saturated carbocycles. The Labute approximate surface area is 184 Å². The molecule has 1 aliphatic heterocycles. The standard InChI is InChI=1S/C21H25N5O6/c1-28-17-8-15-16(9-18(17)29-6-7-31-20-4-2-3-5-30-20)23-13-24-21(15)32-14-10-25-26(11-14)12-19(22)27/h8-11,13,20H,2-7,12H2,1H3,(H2,22,27). The third-order valence-corrected chi connectivity index (χ3v) is 4.81. The highest BCUT2D eigenvalue weighted by atomic mass is 16.7. The molecule has 2 N–H and O–H groups in total. The number of aromatic nitrogens is 4. The normalized spacial score (nSPS) is 16.1. The molecule has 1 fully saturated rings. The lowest BCUT2D eigenvalue weighted by molar-refractivity contribution is -0.165. The van der Waals surface area contributed by atoms with E-state index >= 15 is 0 Å². The molecule has 1 atom stereocenters. The highest BCUT2D eigenvalue weighted by molar-refractivity contribution is 5.87. The molecule has 3 heterocycles. The molecule has 1 saturated heterocycles. The predicted molar refractivity (Wildman–Crippen MR) is 113 cm³/mol. The summed E-state index contributed by atoms with van der Waals surface area (Å²) in [4.78, 5) is 19.6. The van der Waals surface area contributed by atoms with Crippen LogP contribution >= 0.6 is 0 Å². The van der Waals surface area contributed by atoms with Gasteiger partial charge >= 0.3 is 0 Å². The number of amides is 1. The van der Waals surface area contributed by atoms with Gasteiger partial charge in [-0.05, 0) is 25.3 Å². The van der Waals surface area contributed by atoms with Gasteiger partial charge in [0.15, 0.2) is 23.5 Å². The van der Waals surface area contributed by atoms with Gasteiger partial charge in [-0.3, -0.25) is 9.48 Å². The van der Waals surface area contributed by atoms with E-state index in [1.807, 2.05) is 0 Å². The van der Waals surface area contributed by atoms with Crippen LogP contribution in [0.4, 0.5) is 0 Å². The Morgan fingerprint density at radius 2 is 2.16 bits per heavy atom. The maximum atomic E-state index is 11.0. The van der Waals surface area contributed by atoms with Crippen LogP contribution in [0, 0.1) is 0 Å². The Balaban J connectivity index is 1.45. The van der Waals surface area contributed by atoms with E-state index < -0.39 is 5.91 Å². The highest BCUT2D eigenvalue weighted by Crippen LogP contribution is 2.36. The van der Waals surface area contributed by atoms with Crippen LogP contribution in [0.15, 0.2) is 30.9 Å². The SMILES string of the molecule is COc1cc2c(Oc3cnn(CC(N)=O)c3)ncnc2cc1OCCOC1CCCCO1. The lowest BCUT2D eigenvalue weighted by Gasteiger charge is -2.22. The van der Waals surface area contributed by atoms with Crippen LogP contribution in [0.5, 0.6) is 23.1 Å². The molecule has 1 aliphatic rings. The van der Waals surface area contributed by atoms with Gasteiger partial charge in [0.2, 0.25) is 11.8 Å². The van der Waals surface area contributed by atoms with Crippen LogP contribution in [0.3, 0.4) is 0 Å². The Kier molecular flexibility index (Phi) is 6.97. The minimum Gasteiger partial charge on any atom is -0.493 e. The van der Waals surface area contributed by atoms with Crippen molar-refractivity contribution < 1.29 is 28.5 Å². The molecule has 1 unspecified atom stereocenters. The summed E-state index contributed by atoms with van der Waals surface area (Å²) in [5.74, 6) is 1.27. The molecular weight excluding hydrogens is 418 g/mol. The fourth-order valence-electron chi connectivity index (χ4n) is 3.32. The minimum absolute atomic E-state index is 0.0427. The second-order valence-electron chi connectivity index (χ2n) is 7.16. The first kappa shape index (κ1) is 21.8. The summed E-state index contributed by atoms with van der Waals surface area (Å²) in [6.45, 7) is 1.44. The van der Waals surface area contributed by atoms with E-state index in [0.29, 0.717) is 47.2 Å². The molecule has 3 aromatic rings. The second-order valence-corrected chi connectivity index (χ2v) is 7.16. The maximum Gasteiger partial charge on any atom is 0.239 e. The first-order valence-corrected chi connectivity index (χ1v) is 10.3. The van der Waals surface area contributed by atoms with E-state index in [0.717, 1.165) is 25.9 Å². The molecule has 11 nitrogen and oxygen atoms in total. The summed E-state index contributed by atoms with van der Waals surface area (Å²) in [6, 6.07) is 3.51. The van der Waals surface area contributed by atoms with Gasteiger partial charge in [-0.2, -0.15) is 5.10 Å². The van der Waals surface area contributed by atoms with E-state index in [9.17, 15) is 4.79 Å². The number of nitrogens with two attached hydrogens (primary N) is 1. The fourth-order valence-corrected chi connectivity index (χ4v) is 3.32. The fraction of sp³-hybridized carbons (Fsp3) is 0.429. The van der Waals surface area contributed by atoms with Crippen LogP contribution < -0.4 is 19.9 Å². The zero-order valence-electron chi connectivity index (χ0n) is 17.7. The summed E-state index contributed by atoms with van der Waals surface area (Å²) in [5, 5.41) is 4.67. The number of primary amides is 1. The van der Waals surface area contributed by atoms with Crippen molar-refractivity contribution in [3.05, 3.63) is 30.9 Å². The largest absolute Gasteiger partial charge is 0.493 e. The number of nitrogens with zero attached hydrogens (tertiary/aromatic N) is 4. The van der Waals surface area contributed by atoms with Crippen LogP contribution in [0.1, 0.15) is 19.3 Å². The Bertz CT molecular complexity index is 1070. The number of fused-ring (bicyclic) bond motifs is 1. The van der Waals surface area contributed by atoms with Crippen molar-refractivity contribution in [2.75, 3.05) is 26.9 Å².